The minimum atomic E-state index is -0.344. The number of carbonyl (C=O) groups is 1. The van der Waals surface area contributed by atoms with Gasteiger partial charge in [0.1, 0.15) is 11.5 Å². The molecule has 0 fully saturated rings. The van der Waals surface area contributed by atoms with Gasteiger partial charge >= 0.3 is 0 Å². The van der Waals surface area contributed by atoms with Crippen molar-refractivity contribution in [2.75, 3.05) is 5.75 Å². The van der Waals surface area contributed by atoms with Crippen molar-refractivity contribution in [1.82, 2.24) is 20.1 Å². The number of carbonyl (C=O) groups excluding carboxylic acids is 1. The number of furan rings is 1. The third-order valence-electron chi connectivity index (χ3n) is 4.19. The summed E-state index contributed by atoms with van der Waals surface area (Å²) < 4.78 is 13.2. The second-order valence-electron chi connectivity index (χ2n) is 6.42. The number of thioether (sulfide) groups is 1. The number of hydrogen-bond acceptors (Lipinski definition) is 6. The van der Waals surface area contributed by atoms with E-state index in [0.717, 1.165) is 5.56 Å². The van der Waals surface area contributed by atoms with Crippen LogP contribution < -0.4 is 10.1 Å². The van der Waals surface area contributed by atoms with Gasteiger partial charge in [0.15, 0.2) is 17.1 Å². The first kappa shape index (κ1) is 21.3. The Morgan fingerprint density at radius 1 is 1.38 bits per heavy atom. The Morgan fingerprint density at radius 2 is 2.21 bits per heavy atom. The van der Waals surface area contributed by atoms with Crippen LogP contribution in [0.2, 0.25) is 5.02 Å². The largest absolute Gasteiger partial charge is 0.481 e. The van der Waals surface area contributed by atoms with Crippen molar-refractivity contribution < 1.29 is 13.9 Å². The average Bonchev–Trinajstić information content (AvgIpc) is 3.36. The fourth-order valence-electron chi connectivity index (χ4n) is 2.73. The van der Waals surface area contributed by atoms with Crippen LogP contribution in [-0.4, -0.2) is 26.4 Å². The molecular weight excluding hydrogens is 412 g/mol. The number of benzene rings is 1. The Balaban J connectivity index is 1.61. The smallest absolute Gasteiger partial charge is 0.230 e. The SMILES string of the molecule is CCn1c(SCC(=O)NCc2ccco2)nnc1C(C)Oc1cc(C)ccc1Cl. The van der Waals surface area contributed by atoms with Gasteiger partial charge in [-0.1, -0.05) is 29.4 Å². The van der Waals surface area contributed by atoms with Gasteiger partial charge in [0.05, 0.1) is 23.6 Å². The molecule has 0 aliphatic heterocycles. The molecule has 0 saturated heterocycles. The molecule has 29 heavy (non-hydrogen) atoms. The van der Waals surface area contributed by atoms with Gasteiger partial charge < -0.3 is 19.0 Å². The van der Waals surface area contributed by atoms with Crippen LogP contribution in [0.15, 0.2) is 46.2 Å². The summed E-state index contributed by atoms with van der Waals surface area (Å²) in [6, 6.07) is 9.24. The van der Waals surface area contributed by atoms with Gasteiger partial charge in [-0.2, -0.15) is 0 Å². The van der Waals surface area contributed by atoms with Gasteiger partial charge in [0.2, 0.25) is 5.91 Å². The number of amides is 1. The van der Waals surface area contributed by atoms with Crippen molar-refractivity contribution in [3.8, 4) is 5.75 Å². The van der Waals surface area contributed by atoms with Crippen LogP contribution in [0.3, 0.4) is 0 Å². The fraction of sp³-hybridized carbons (Fsp3) is 0.350. The van der Waals surface area contributed by atoms with Crippen LogP contribution in [0, 0.1) is 6.92 Å². The number of nitrogens with zero attached hydrogens (tertiary/aromatic N) is 3. The summed E-state index contributed by atoms with van der Waals surface area (Å²) in [5, 5.41) is 12.5. The zero-order valence-electron chi connectivity index (χ0n) is 16.5. The summed E-state index contributed by atoms with van der Waals surface area (Å²) >= 11 is 7.57. The molecule has 1 unspecified atom stereocenters. The fourth-order valence-corrected chi connectivity index (χ4v) is 3.73. The van der Waals surface area contributed by atoms with Crippen LogP contribution >= 0.6 is 23.4 Å². The Kier molecular flexibility index (Phi) is 7.22. The monoisotopic (exact) mass is 434 g/mol. The van der Waals surface area contributed by atoms with Crippen LogP contribution in [0.1, 0.15) is 37.1 Å². The highest BCUT2D eigenvalue weighted by Crippen LogP contribution is 2.30. The van der Waals surface area contributed by atoms with Crippen molar-refractivity contribution >= 4 is 29.3 Å². The molecule has 0 radical (unpaired) electrons. The van der Waals surface area contributed by atoms with Gasteiger partial charge in [-0.05, 0) is 50.6 Å². The van der Waals surface area contributed by atoms with Gasteiger partial charge in [0.25, 0.3) is 0 Å². The first-order valence-corrected chi connectivity index (χ1v) is 10.6. The maximum absolute atomic E-state index is 12.1. The molecule has 1 aromatic carbocycles. The van der Waals surface area contributed by atoms with Crippen LogP contribution in [0.4, 0.5) is 0 Å². The van der Waals surface area contributed by atoms with Crippen molar-refractivity contribution in [2.45, 2.75) is 45.1 Å². The second-order valence-corrected chi connectivity index (χ2v) is 7.77. The first-order chi connectivity index (χ1) is 14.0. The number of hydrogen-bond donors (Lipinski definition) is 1. The number of aryl methyl sites for hydroxylation is 1. The van der Waals surface area contributed by atoms with E-state index >= 15 is 0 Å². The van der Waals surface area contributed by atoms with E-state index in [9.17, 15) is 4.79 Å². The number of rotatable bonds is 9. The lowest BCUT2D eigenvalue weighted by Crippen LogP contribution is -2.24. The van der Waals surface area contributed by atoms with Crippen molar-refractivity contribution in [3.63, 3.8) is 0 Å². The molecule has 154 valence electrons. The highest BCUT2D eigenvalue weighted by Gasteiger charge is 2.20. The number of nitrogens with one attached hydrogen (secondary N) is 1. The van der Waals surface area contributed by atoms with Gasteiger partial charge in [-0.15, -0.1) is 10.2 Å². The van der Waals surface area contributed by atoms with Gasteiger partial charge in [-0.25, -0.2) is 0 Å². The van der Waals surface area contributed by atoms with E-state index in [4.69, 9.17) is 20.8 Å². The van der Waals surface area contributed by atoms with Crippen LogP contribution in [-0.2, 0) is 17.9 Å². The Hall–Kier alpha value is -2.45. The van der Waals surface area contributed by atoms with Gasteiger partial charge in [0, 0.05) is 6.54 Å². The maximum Gasteiger partial charge on any atom is 0.230 e. The summed E-state index contributed by atoms with van der Waals surface area (Å²) in [6.07, 6.45) is 1.23. The minimum absolute atomic E-state index is 0.102. The molecule has 0 saturated carbocycles. The lowest BCUT2D eigenvalue weighted by atomic mass is 10.2. The zero-order chi connectivity index (χ0) is 20.8. The van der Waals surface area contributed by atoms with Gasteiger partial charge in [-0.3, -0.25) is 4.79 Å². The second kappa shape index (κ2) is 9.84. The van der Waals surface area contributed by atoms with E-state index in [1.807, 2.05) is 49.6 Å². The molecule has 9 heteroatoms. The molecule has 3 aromatic rings. The summed E-state index contributed by atoms with van der Waals surface area (Å²) in [5.74, 6) is 2.13. The molecule has 1 atom stereocenters. The predicted octanol–water partition coefficient (Wildman–Crippen LogP) is 4.40. The lowest BCUT2D eigenvalue weighted by molar-refractivity contribution is -0.118. The van der Waals surface area contributed by atoms with Crippen molar-refractivity contribution in [1.29, 1.82) is 0 Å². The third-order valence-corrected chi connectivity index (χ3v) is 5.47. The van der Waals surface area contributed by atoms with E-state index in [1.165, 1.54) is 11.8 Å². The molecule has 0 spiro atoms. The number of halogens is 1. The predicted molar refractivity (Wildman–Crippen MR) is 112 cm³/mol. The topological polar surface area (TPSA) is 82.2 Å². The van der Waals surface area contributed by atoms with Crippen molar-refractivity contribution in [3.05, 3.63) is 58.8 Å². The molecule has 2 heterocycles. The number of ether oxygens (including phenoxy) is 1. The van der Waals surface area contributed by atoms with E-state index in [2.05, 4.69) is 15.5 Å². The van der Waals surface area contributed by atoms with Crippen LogP contribution in [0.25, 0.3) is 0 Å². The summed E-state index contributed by atoms with van der Waals surface area (Å²) in [5.41, 5.74) is 1.06. The third kappa shape index (κ3) is 5.55. The molecule has 3 rings (SSSR count). The van der Waals surface area contributed by atoms with E-state index in [1.54, 1.807) is 12.3 Å². The Morgan fingerprint density at radius 3 is 2.93 bits per heavy atom. The summed E-state index contributed by atoms with van der Waals surface area (Å²) in [7, 11) is 0. The molecule has 0 bridgehead atoms. The normalized spacial score (nSPS) is 12.0. The van der Waals surface area contributed by atoms with E-state index < -0.39 is 0 Å². The molecular formula is C20H23ClN4O3S. The Bertz CT molecular complexity index is 959. The zero-order valence-corrected chi connectivity index (χ0v) is 18.1. The molecule has 0 aliphatic rings. The highest BCUT2D eigenvalue weighted by molar-refractivity contribution is 7.99. The quantitative estimate of drug-likeness (QED) is 0.502. The van der Waals surface area contributed by atoms with Crippen molar-refractivity contribution in [2.24, 2.45) is 0 Å². The molecule has 1 amide bonds. The van der Waals surface area contributed by atoms with E-state index in [0.29, 0.717) is 40.6 Å². The summed E-state index contributed by atoms with van der Waals surface area (Å²) in [6.45, 7) is 6.90. The molecule has 2 aromatic heterocycles. The van der Waals surface area contributed by atoms with E-state index in [-0.39, 0.29) is 17.8 Å². The average molecular weight is 435 g/mol. The standard InChI is InChI=1S/C20H23ClN4O3S/c1-4-25-19(14(3)28-17-10-13(2)7-8-16(17)21)23-24-20(25)29-12-18(26)22-11-15-6-5-9-27-15/h5-10,14H,4,11-12H2,1-3H3,(H,22,26). The highest BCUT2D eigenvalue weighted by atomic mass is 35.5. The first-order valence-electron chi connectivity index (χ1n) is 9.25. The molecule has 0 aliphatic carbocycles. The Labute approximate surface area is 178 Å². The molecule has 7 nitrogen and oxygen atoms in total. The minimum Gasteiger partial charge on any atom is -0.481 e. The molecule has 1 N–H and O–H groups in total. The maximum atomic E-state index is 12.1. The number of aromatic nitrogens is 3. The lowest BCUT2D eigenvalue weighted by Gasteiger charge is -2.16. The van der Waals surface area contributed by atoms with Crippen LogP contribution in [0.5, 0.6) is 5.75 Å². The summed E-state index contributed by atoms with van der Waals surface area (Å²) in [4.78, 5) is 12.1.